The van der Waals surface area contributed by atoms with E-state index in [1.807, 2.05) is 42.5 Å². The first kappa shape index (κ1) is 20.3. The number of para-hydroxylation sites is 1. The van der Waals surface area contributed by atoms with Crippen LogP contribution in [0.25, 0.3) is 0 Å². The molecule has 0 bridgehead atoms. The maximum atomic E-state index is 12.1. The van der Waals surface area contributed by atoms with E-state index in [1.54, 1.807) is 13.3 Å². The van der Waals surface area contributed by atoms with Crippen molar-refractivity contribution in [3.05, 3.63) is 64.7 Å². The molecule has 0 aliphatic carbocycles. The van der Waals surface area contributed by atoms with E-state index in [1.165, 1.54) is 0 Å². The zero-order chi connectivity index (χ0) is 19.8. The van der Waals surface area contributed by atoms with Gasteiger partial charge in [-0.15, -0.1) is 0 Å². The van der Waals surface area contributed by atoms with Gasteiger partial charge < -0.3 is 4.74 Å². The second kappa shape index (κ2) is 10.2. The lowest BCUT2D eigenvalue weighted by atomic mass is 10.2. The quantitative estimate of drug-likeness (QED) is 0.573. The summed E-state index contributed by atoms with van der Waals surface area (Å²) in [6.45, 7) is 4.67. The number of carbonyl (C=O) groups is 1. The minimum Gasteiger partial charge on any atom is -0.496 e. The van der Waals surface area contributed by atoms with Gasteiger partial charge >= 0.3 is 0 Å². The molecule has 148 valence electrons. The lowest BCUT2D eigenvalue weighted by molar-refractivity contribution is -0.122. The Balaban J connectivity index is 1.41. The van der Waals surface area contributed by atoms with E-state index in [0.717, 1.165) is 54.6 Å². The van der Waals surface area contributed by atoms with Crippen LogP contribution in [0.2, 0.25) is 5.02 Å². The number of hydrogen-bond donors (Lipinski definition) is 1. The van der Waals surface area contributed by atoms with Crippen molar-refractivity contribution in [2.75, 3.05) is 39.8 Å². The van der Waals surface area contributed by atoms with Gasteiger partial charge in [0.25, 0.3) is 5.91 Å². The number of nitrogens with zero attached hydrogens (tertiary/aromatic N) is 3. The van der Waals surface area contributed by atoms with Crippen molar-refractivity contribution < 1.29 is 9.53 Å². The first-order chi connectivity index (χ1) is 13.7. The number of nitrogens with one attached hydrogen (secondary N) is 1. The number of halogens is 1. The highest BCUT2D eigenvalue weighted by Gasteiger charge is 2.19. The van der Waals surface area contributed by atoms with Crippen LogP contribution in [0, 0.1) is 0 Å². The molecule has 0 unspecified atom stereocenters. The molecule has 0 atom stereocenters. The zero-order valence-electron chi connectivity index (χ0n) is 16.0. The van der Waals surface area contributed by atoms with Crippen LogP contribution in [0.3, 0.4) is 0 Å². The largest absolute Gasteiger partial charge is 0.496 e. The molecule has 0 saturated carbocycles. The van der Waals surface area contributed by atoms with Gasteiger partial charge in [-0.3, -0.25) is 14.6 Å². The Kier molecular flexibility index (Phi) is 7.42. The van der Waals surface area contributed by atoms with Crippen LogP contribution < -0.4 is 10.2 Å². The number of hydrazone groups is 1. The average Bonchev–Trinajstić information content (AvgIpc) is 2.71. The van der Waals surface area contributed by atoms with Gasteiger partial charge in [-0.25, -0.2) is 5.43 Å². The topological polar surface area (TPSA) is 57.2 Å². The van der Waals surface area contributed by atoms with Gasteiger partial charge in [0.2, 0.25) is 0 Å². The molecule has 1 aliphatic rings. The standard InChI is InChI=1S/C21H25ClN4O2/c1-28-20-9-5-3-6-17(20)14-23-24-21(27)16-26-12-10-25(11-13-26)15-18-7-2-4-8-19(18)22/h2-9,14H,10-13,15-16H2,1H3,(H,24,27). The maximum Gasteiger partial charge on any atom is 0.254 e. The minimum absolute atomic E-state index is 0.120. The molecule has 1 amide bonds. The van der Waals surface area contributed by atoms with Gasteiger partial charge in [-0.2, -0.15) is 5.10 Å². The minimum atomic E-state index is -0.120. The van der Waals surface area contributed by atoms with Gasteiger partial charge in [0.15, 0.2) is 0 Å². The number of benzene rings is 2. The van der Waals surface area contributed by atoms with Crippen LogP contribution in [0.1, 0.15) is 11.1 Å². The highest BCUT2D eigenvalue weighted by Crippen LogP contribution is 2.18. The number of carbonyl (C=O) groups excluding carboxylic acids is 1. The maximum absolute atomic E-state index is 12.1. The lowest BCUT2D eigenvalue weighted by Gasteiger charge is -2.34. The summed E-state index contributed by atoms with van der Waals surface area (Å²) >= 11 is 6.24. The van der Waals surface area contributed by atoms with E-state index >= 15 is 0 Å². The van der Waals surface area contributed by atoms with Crippen LogP contribution in [-0.2, 0) is 11.3 Å². The fourth-order valence-corrected chi connectivity index (χ4v) is 3.35. The van der Waals surface area contributed by atoms with Gasteiger partial charge in [0, 0.05) is 43.3 Å². The Morgan fingerprint density at radius 1 is 1.11 bits per heavy atom. The van der Waals surface area contributed by atoms with Crippen molar-refractivity contribution in [1.29, 1.82) is 0 Å². The second-order valence-electron chi connectivity index (χ2n) is 6.68. The van der Waals surface area contributed by atoms with Crippen molar-refractivity contribution >= 4 is 23.7 Å². The van der Waals surface area contributed by atoms with E-state index in [2.05, 4.69) is 26.4 Å². The molecule has 0 aromatic heterocycles. The molecule has 3 rings (SSSR count). The molecule has 0 spiro atoms. The molecule has 1 aliphatic heterocycles. The first-order valence-electron chi connectivity index (χ1n) is 9.29. The van der Waals surface area contributed by atoms with Crippen molar-refractivity contribution in [3.8, 4) is 5.75 Å². The first-order valence-corrected chi connectivity index (χ1v) is 9.66. The van der Waals surface area contributed by atoms with E-state index in [0.29, 0.717) is 6.54 Å². The van der Waals surface area contributed by atoms with Gasteiger partial charge in [-0.05, 0) is 23.8 Å². The van der Waals surface area contributed by atoms with E-state index in [4.69, 9.17) is 16.3 Å². The van der Waals surface area contributed by atoms with Gasteiger partial charge in [0.05, 0.1) is 19.9 Å². The Morgan fingerprint density at radius 2 is 1.79 bits per heavy atom. The summed E-state index contributed by atoms with van der Waals surface area (Å²) in [5, 5.41) is 4.84. The smallest absolute Gasteiger partial charge is 0.254 e. The molecule has 0 radical (unpaired) electrons. The zero-order valence-corrected chi connectivity index (χ0v) is 16.7. The van der Waals surface area contributed by atoms with E-state index in [-0.39, 0.29) is 5.91 Å². The number of ether oxygens (including phenoxy) is 1. The number of amides is 1. The second-order valence-corrected chi connectivity index (χ2v) is 7.09. The molecule has 1 heterocycles. The highest BCUT2D eigenvalue weighted by atomic mass is 35.5. The van der Waals surface area contributed by atoms with Crippen LogP contribution >= 0.6 is 11.6 Å². The summed E-state index contributed by atoms with van der Waals surface area (Å²) in [5.74, 6) is 0.598. The predicted octanol–water partition coefficient (Wildman–Crippen LogP) is 2.62. The molecule has 7 heteroatoms. The molecule has 2 aromatic rings. The molecule has 2 aromatic carbocycles. The third-order valence-electron chi connectivity index (χ3n) is 4.72. The average molecular weight is 401 g/mol. The lowest BCUT2D eigenvalue weighted by Crippen LogP contribution is -2.48. The third-order valence-corrected chi connectivity index (χ3v) is 5.08. The van der Waals surface area contributed by atoms with Gasteiger partial charge in [-0.1, -0.05) is 41.9 Å². The third kappa shape index (κ3) is 5.79. The van der Waals surface area contributed by atoms with Crippen molar-refractivity contribution in [2.24, 2.45) is 5.10 Å². The summed E-state index contributed by atoms with van der Waals surface area (Å²) in [5.41, 5.74) is 4.55. The van der Waals surface area contributed by atoms with Crippen LogP contribution in [0.5, 0.6) is 5.75 Å². The summed E-state index contributed by atoms with van der Waals surface area (Å²) < 4.78 is 5.26. The van der Waals surface area contributed by atoms with E-state index < -0.39 is 0 Å². The summed E-state index contributed by atoms with van der Waals surface area (Å²) in [6, 6.07) is 15.4. The van der Waals surface area contributed by atoms with Crippen molar-refractivity contribution in [3.63, 3.8) is 0 Å². The van der Waals surface area contributed by atoms with Crippen molar-refractivity contribution in [2.45, 2.75) is 6.54 Å². The summed E-state index contributed by atoms with van der Waals surface area (Å²) in [4.78, 5) is 16.6. The Hall–Kier alpha value is -2.41. The highest BCUT2D eigenvalue weighted by molar-refractivity contribution is 6.31. The van der Waals surface area contributed by atoms with Crippen molar-refractivity contribution in [1.82, 2.24) is 15.2 Å². The Bertz CT molecular complexity index is 820. The fourth-order valence-electron chi connectivity index (χ4n) is 3.16. The monoisotopic (exact) mass is 400 g/mol. The number of hydrogen-bond acceptors (Lipinski definition) is 5. The normalized spacial score (nSPS) is 15.6. The van der Waals surface area contributed by atoms with E-state index in [9.17, 15) is 4.79 Å². The molecule has 6 nitrogen and oxygen atoms in total. The van der Waals surface area contributed by atoms with Crippen LogP contribution in [0.15, 0.2) is 53.6 Å². The number of rotatable bonds is 7. The molecular weight excluding hydrogens is 376 g/mol. The van der Waals surface area contributed by atoms with Gasteiger partial charge in [0.1, 0.15) is 5.75 Å². The summed E-state index contributed by atoms with van der Waals surface area (Å²) in [6.07, 6.45) is 1.60. The molecule has 1 saturated heterocycles. The molecular formula is C21H25ClN4O2. The summed E-state index contributed by atoms with van der Waals surface area (Å²) in [7, 11) is 1.61. The Morgan fingerprint density at radius 3 is 2.54 bits per heavy atom. The fraction of sp³-hybridized carbons (Fsp3) is 0.333. The molecule has 1 fully saturated rings. The molecule has 28 heavy (non-hydrogen) atoms. The number of piperazine rings is 1. The molecule has 1 N–H and O–H groups in total. The number of methoxy groups -OCH3 is 1. The van der Waals surface area contributed by atoms with Crippen LogP contribution in [0.4, 0.5) is 0 Å². The predicted molar refractivity (Wildman–Crippen MR) is 112 cm³/mol. The Labute approximate surface area is 170 Å². The van der Waals surface area contributed by atoms with Crippen LogP contribution in [-0.4, -0.2) is 61.8 Å². The SMILES string of the molecule is COc1ccccc1C=NNC(=O)CN1CCN(Cc2ccccc2Cl)CC1.